The number of nitrogens with zero attached hydrogens (tertiary/aromatic N) is 2. The number of aromatic nitrogens is 1. The van der Waals surface area contributed by atoms with Crippen LogP contribution in [0, 0.1) is 0 Å². The van der Waals surface area contributed by atoms with Crippen molar-refractivity contribution in [3.8, 4) is 17.0 Å². The van der Waals surface area contributed by atoms with E-state index in [4.69, 9.17) is 4.74 Å². The summed E-state index contributed by atoms with van der Waals surface area (Å²) in [5.41, 5.74) is 2.61. The van der Waals surface area contributed by atoms with Gasteiger partial charge in [0.15, 0.2) is 0 Å². The van der Waals surface area contributed by atoms with Gasteiger partial charge in [-0.25, -0.2) is 13.1 Å². The fraction of sp³-hybridized carbons (Fsp3) is 0.455. The minimum Gasteiger partial charge on any atom is -0.493 e. The normalized spacial score (nSPS) is 16.0. The maximum atomic E-state index is 12.8. The van der Waals surface area contributed by atoms with Crippen LogP contribution in [0.15, 0.2) is 29.2 Å². The zero-order valence-electron chi connectivity index (χ0n) is 19.3. The molecule has 11 heteroatoms. The van der Waals surface area contributed by atoms with Gasteiger partial charge in [-0.15, -0.1) is 0 Å². The molecule has 1 aromatic heterocycles. The van der Waals surface area contributed by atoms with Gasteiger partial charge in [0.2, 0.25) is 15.9 Å². The molecule has 1 aliphatic heterocycles. The lowest BCUT2D eigenvalue weighted by Gasteiger charge is -2.33. The third-order valence-corrected chi connectivity index (χ3v) is 6.78. The Hall–Kier alpha value is -2.73. The standard InChI is InChI=1S/C22H31N5O5S/c1-5-32-21-7-6-16(33(30,31)24-9-10-26(3)4)12-17(21)18-13-20-19(25-18)14-23-15(2)27(20)22(29)8-11-28/h6-7,11-13,15,23-25H,5,8-10,14H2,1-4H3. The molecule has 0 radical (unpaired) electrons. The van der Waals surface area contributed by atoms with Crippen LogP contribution in [0.25, 0.3) is 11.3 Å². The van der Waals surface area contributed by atoms with Gasteiger partial charge in [0, 0.05) is 25.2 Å². The molecule has 0 spiro atoms. The Balaban J connectivity index is 2.02. The van der Waals surface area contributed by atoms with Crippen molar-refractivity contribution in [3.63, 3.8) is 0 Å². The molecule has 0 fully saturated rings. The molecule has 10 nitrogen and oxygen atoms in total. The van der Waals surface area contributed by atoms with Gasteiger partial charge in [-0.1, -0.05) is 0 Å². The monoisotopic (exact) mass is 477 g/mol. The highest BCUT2D eigenvalue weighted by molar-refractivity contribution is 7.89. The van der Waals surface area contributed by atoms with Crippen molar-refractivity contribution in [1.29, 1.82) is 0 Å². The van der Waals surface area contributed by atoms with E-state index in [0.29, 0.717) is 48.7 Å². The van der Waals surface area contributed by atoms with E-state index in [2.05, 4.69) is 15.0 Å². The topological polar surface area (TPSA) is 124 Å². The number of sulfonamides is 1. The molecule has 2 heterocycles. The van der Waals surface area contributed by atoms with Crippen molar-refractivity contribution in [2.24, 2.45) is 0 Å². The average molecular weight is 478 g/mol. The van der Waals surface area contributed by atoms with Gasteiger partial charge in [-0.05, 0) is 52.2 Å². The largest absolute Gasteiger partial charge is 0.493 e. The molecule has 3 rings (SSSR count). The van der Waals surface area contributed by atoms with Crippen LogP contribution in [0.1, 0.15) is 26.0 Å². The number of hydrogen-bond acceptors (Lipinski definition) is 7. The molecule has 0 saturated carbocycles. The molecule has 2 aromatic rings. The summed E-state index contributed by atoms with van der Waals surface area (Å²) >= 11 is 0. The molecule has 0 bridgehead atoms. The van der Waals surface area contributed by atoms with Gasteiger partial charge in [-0.2, -0.15) is 0 Å². The van der Waals surface area contributed by atoms with Crippen LogP contribution in [-0.4, -0.2) is 70.5 Å². The number of aromatic amines is 1. The summed E-state index contributed by atoms with van der Waals surface area (Å²) in [5.74, 6) is 0.207. The first-order chi connectivity index (χ1) is 15.7. The van der Waals surface area contributed by atoms with Crippen molar-refractivity contribution in [2.75, 3.05) is 38.7 Å². The number of amides is 1. The van der Waals surface area contributed by atoms with E-state index in [9.17, 15) is 18.0 Å². The second-order valence-corrected chi connectivity index (χ2v) is 9.80. The van der Waals surface area contributed by atoms with Crippen molar-refractivity contribution in [2.45, 2.75) is 37.9 Å². The van der Waals surface area contributed by atoms with Crippen molar-refractivity contribution < 1.29 is 22.7 Å². The number of hydrogen-bond donors (Lipinski definition) is 3. The van der Waals surface area contributed by atoms with Gasteiger partial charge in [0.1, 0.15) is 12.0 Å². The summed E-state index contributed by atoms with van der Waals surface area (Å²) < 4.78 is 34.0. The van der Waals surface area contributed by atoms with Crippen molar-refractivity contribution in [1.82, 2.24) is 19.9 Å². The zero-order valence-corrected chi connectivity index (χ0v) is 20.2. The second-order valence-electron chi connectivity index (χ2n) is 8.03. The zero-order chi connectivity index (χ0) is 24.2. The Kier molecular flexibility index (Phi) is 7.90. The number of carbonyl (C=O) groups excluding carboxylic acids is 2. The highest BCUT2D eigenvalue weighted by atomic mass is 32.2. The maximum absolute atomic E-state index is 12.8. The van der Waals surface area contributed by atoms with E-state index in [-0.39, 0.29) is 29.9 Å². The summed E-state index contributed by atoms with van der Waals surface area (Å²) in [6.45, 7) is 5.45. The first-order valence-corrected chi connectivity index (χ1v) is 12.3. The van der Waals surface area contributed by atoms with Crippen LogP contribution in [-0.2, 0) is 26.2 Å². The summed E-state index contributed by atoms with van der Waals surface area (Å²) in [5, 5.41) is 3.22. The fourth-order valence-corrected chi connectivity index (χ4v) is 4.75. The van der Waals surface area contributed by atoms with Crippen LogP contribution in [0.5, 0.6) is 5.75 Å². The van der Waals surface area contributed by atoms with E-state index in [1.165, 1.54) is 11.0 Å². The van der Waals surface area contributed by atoms with Crippen LogP contribution >= 0.6 is 0 Å². The number of H-pyrrole nitrogens is 1. The first-order valence-electron chi connectivity index (χ1n) is 10.8. The lowest BCUT2D eigenvalue weighted by Crippen LogP contribution is -2.50. The third kappa shape index (κ3) is 5.61. The number of rotatable bonds is 10. The van der Waals surface area contributed by atoms with Crippen LogP contribution in [0.4, 0.5) is 5.69 Å². The lowest BCUT2D eigenvalue weighted by molar-refractivity contribution is -0.122. The van der Waals surface area contributed by atoms with E-state index >= 15 is 0 Å². The molecule has 1 aromatic carbocycles. The smallest absolute Gasteiger partial charge is 0.240 e. The number of benzene rings is 1. The molecule has 1 aliphatic rings. The maximum Gasteiger partial charge on any atom is 0.240 e. The number of nitrogens with one attached hydrogen (secondary N) is 3. The quantitative estimate of drug-likeness (QED) is 0.348. The second kappa shape index (κ2) is 10.5. The molecule has 180 valence electrons. The lowest BCUT2D eigenvalue weighted by atomic mass is 10.1. The minimum absolute atomic E-state index is 0.118. The van der Waals surface area contributed by atoms with Crippen LogP contribution in [0.3, 0.4) is 0 Å². The summed E-state index contributed by atoms with van der Waals surface area (Å²) in [6, 6.07) is 6.51. The van der Waals surface area contributed by atoms with Crippen molar-refractivity contribution in [3.05, 3.63) is 30.0 Å². The number of carbonyl (C=O) groups is 2. The molecule has 0 saturated heterocycles. The van der Waals surface area contributed by atoms with Gasteiger partial charge in [0.25, 0.3) is 0 Å². The molecule has 0 aliphatic carbocycles. The summed E-state index contributed by atoms with van der Waals surface area (Å²) in [4.78, 5) is 30.3. The van der Waals surface area contributed by atoms with E-state index in [1.54, 1.807) is 18.2 Å². The molecule has 1 amide bonds. The Labute approximate surface area is 194 Å². The van der Waals surface area contributed by atoms with E-state index in [0.717, 1.165) is 5.69 Å². The number of aldehydes is 1. The van der Waals surface area contributed by atoms with Gasteiger partial charge in [-0.3, -0.25) is 15.0 Å². The molecule has 1 unspecified atom stereocenters. The predicted molar refractivity (Wildman–Crippen MR) is 126 cm³/mol. The van der Waals surface area contributed by atoms with Gasteiger partial charge in [0.05, 0.1) is 41.2 Å². The third-order valence-electron chi connectivity index (χ3n) is 5.33. The molecular formula is C22H31N5O5S. The summed E-state index contributed by atoms with van der Waals surface area (Å²) in [6.07, 6.45) is 0.0807. The Morgan fingerprint density at radius 2 is 2.09 bits per heavy atom. The van der Waals surface area contributed by atoms with Crippen LogP contribution in [0.2, 0.25) is 0 Å². The Bertz CT molecular complexity index is 1110. The molecular weight excluding hydrogens is 446 g/mol. The Morgan fingerprint density at radius 1 is 1.33 bits per heavy atom. The molecule has 3 N–H and O–H groups in total. The summed E-state index contributed by atoms with van der Waals surface area (Å²) in [7, 11) is 0.0179. The highest BCUT2D eigenvalue weighted by Crippen LogP contribution is 2.37. The van der Waals surface area contributed by atoms with Gasteiger partial charge >= 0.3 is 0 Å². The van der Waals surface area contributed by atoms with E-state index < -0.39 is 10.0 Å². The van der Waals surface area contributed by atoms with E-state index in [1.807, 2.05) is 32.8 Å². The Morgan fingerprint density at radius 3 is 2.76 bits per heavy atom. The minimum atomic E-state index is -3.72. The number of anilines is 1. The molecule has 33 heavy (non-hydrogen) atoms. The SMILES string of the molecule is CCOc1ccc(S(=O)(=O)NCCN(C)C)cc1-c1cc2c([nH]1)CNC(C)N2C(=O)CC=O. The average Bonchev–Trinajstić information content (AvgIpc) is 3.17. The number of likely N-dealkylation sites (N-methyl/N-ethyl adjacent to an activating group) is 1. The number of fused-ring (bicyclic) bond motifs is 1. The van der Waals surface area contributed by atoms with Crippen LogP contribution < -0.4 is 19.7 Å². The fourth-order valence-electron chi connectivity index (χ4n) is 3.71. The van der Waals surface area contributed by atoms with Gasteiger partial charge < -0.3 is 19.4 Å². The number of ether oxygens (including phenoxy) is 1. The first kappa shape index (κ1) is 24.9. The molecule has 1 atom stereocenters. The van der Waals surface area contributed by atoms with Crippen molar-refractivity contribution >= 4 is 27.9 Å². The predicted octanol–water partition coefficient (Wildman–Crippen LogP) is 1.29. The highest BCUT2D eigenvalue weighted by Gasteiger charge is 2.30.